The summed E-state index contributed by atoms with van der Waals surface area (Å²) in [5.41, 5.74) is 3.05. The molecule has 0 bridgehead atoms. The molecule has 8 heteroatoms. The minimum absolute atomic E-state index is 0.104. The van der Waals surface area contributed by atoms with Gasteiger partial charge in [0.05, 0.1) is 33.2 Å². The topological polar surface area (TPSA) is 55.2 Å². The van der Waals surface area contributed by atoms with Crippen LogP contribution in [0.1, 0.15) is 35.2 Å². The average molecular weight is 539 g/mol. The van der Waals surface area contributed by atoms with E-state index in [2.05, 4.69) is 4.90 Å². The molecule has 0 aliphatic carbocycles. The Kier molecular flexibility index (Phi) is 7.65. The zero-order valence-electron chi connectivity index (χ0n) is 19.6. The number of rotatable bonds is 7. The largest absolute Gasteiger partial charge is 0.372 e. The Balaban J connectivity index is 1.50. The molecular weight excluding hydrogens is 513 g/mol. The average Bonchev–Trinajstić information content (AvgIpc) is 2.91. The Morgan fingerprint density at radius 1 is 0.917 bits per heavy atom. The molecule has 0 amide bonds. The first-order chi connectivity index (χ1) is 17.5. The molecule has 1 fully saturated rings. The van der Waals surface area contributed by atoms with Crippen LogP contribution in [-0.4, -0.2) is 34.2 Å². The fourth-order valence-corrected chi connectivity index (χ4v) is 5.63. The van der Waals surface area contributed by atoms with Crippen molar-refractivity contribution in [1.82, 2.24) is 9.55 Å². The molecule has 1 aliphatic rings. The van der Waals surface area contributed by atoms with E-state index in [0.29, 0.717) is 38.2 Å². The van der Waals surface area contributed by atoms with Gasteiger partial charge in [-0.25, -0.2) is 4.98 Å². The van der Waals surface area contributed by atoms with Crippen LogP contribution in [0.25, 0.3) is 10.9 Å². The van der Waals surface area contributed by atoms with Crippen molar-refractivity contribution in [2.24, 2.45) is 0 Å². The summed E-state index contributed by atoms with van der Waals surface area (Å²) >= 11 is 13.3. The van der Waals surface area contributed by atoms with Gasteiger partial charge in [0, 0.05) is 24.3 Å². The molecule has 1 aromatic heterocycles. The molecule has 184 valence electrons. The van der Waals surface area contributed by atoms with Crippen LogP contribution < -0.4 is 10.5 Å². The Labute approximate surface area is 224 Å². The molecule has 1 aliphatic heterocycles. The van der Waals surface area contributed by atoms with Gasteiger partial charge < -0.3 is 4.90 Å². The van der Waals surface area contributed by atoms with Gasteiger partial charge in [-0.15, -0.1) is 0 Å². The lowest BCUT2D eigenvalue weighted by molar-refractivity contribution is 0.102. The maximum Gasteiger partial charge on any atom is 0.262 e. The molecule has 5 rings (SSSR count). The van der Waals surface area contributed by atoms with Gasteiger partial charge in [-0.2, -0.15) is 0 Å². The molecule has 1 saturated heterocycles. The molecule has 3 aromatic carbocycles. The third-order valence-corrected chi connectivity index (χ3v) is 8.10. The van der Waals surface area contributed by atoms with E-state index in [1.165, 1.54) is 18.2 Å². The standard InChI is InChI=1S/C28H25Cl2N3O2S/c29-23-11-9-20(15-24(23)30)26(34)18-36-28-31-25-12-10-21(32-13-5-2-6-14-32)16-22(25)27(35)33(28)17-19-7-3-1-4-8-19/h1,3-4,7-12,15-16H,2,5-6,13-14,17-18H2. The lowest BCUT2D eigenvalue weighted by Crippen LogP contribution is -2.30. The van der Waals surface area contributed by atoms with Crippen LogP contribution >= 0.6 is 35.0 Å². The molecule has 5 nitrogen and oxygen atoms in total. The SMILES string of the molecule is O=C(CSc1nc2ccc(N3CCCCC3)cc2c(=O)n1Cc1ccccc1)c1ccc(Cl)c(Cl)c1. The number of hydrogen-bond donors (Lipinski definition) is 0. The quantitative estimate of drug-likeness (QED) is 0.149. The van der Waals surface area contributed by atoms with E-state index in [9.17, 15) is 9.59 Å². The van der Waals surface area contributed by atoms with E-state index in [0.717, 1.165) is 37.2 Å². The first kappa shape index (κ1) is 24.9. The van der Waals surface area contributed by atoms with Crippen molar-refractivity contribution >= 4 is 57.3 Å². The number of Topliss-reactive ketones (excluding diaryl/α,β-unsaturated/α-hetero) is 1. The molecule has 4 aromatic rings. The van der Waals surface area contributed by atoms with Crippen molar-refractivity contribution in [3.63, 3.8) is 0 Å². The van der Waals surface area contributed by atoms with Crippen LogP contribution in [0, 0.1) is 0 Å². The predicted molar refractivity (Wildman–Crippen MR) is 149 cm³/mol. The first-order valence-electron chi connectivity index (χ1n) is 11.9. The second-order valence-electron chi connectivity index (χ2n) is 8.86. The minimum Gasteiger partial charge on any atom is -0.372 e. The van der Waals surface area contributed by atoms with Crippen LogP contribution in [0.5, 0.6) is 0 Å². The molecule has 0 atom stereocenters. The molecule has 0 saturated carbocycles. The maximum atomic E-state index is 13.8. The number of thioether (sulfide) groups is 1. The van der Waals surface area contributed by atoms with Crippen LogP contribution in [0.15, 0.2) is 76.7 Å². The van der Waals surface area contributed by atoms with Crippen molar-refractivity contribution in [2.75, 3.05) is 23.7 Å². The number of fused-ring (bicyclic) bond motifs is 1. The van der Waals surface area contributed by atoms with Crippen LogP contribution in [0.4, 0.5) is 5.69 Å². The summed E-state index contributed by atoms with van der Waals surface area (Å²) < 4.78 is 1.67. The van der Waals surface area contributed by atoms with E-state index in [4.69, 9.17) is 28.2 Å². The maximum absolute atomic E-state index is 13.8. The van der Waals surface area contributed by atoms with Gasteiger partial charge in [0.1, 0.15) is 0 Å². The number of nitrogens with zero attached hydrogens (tertiary/aromatic N) is 3. The molecule has 0 spiro atoms. The molecule has 0 radical (unpaired) electrons. The number of hydrogen-bond acceptors (Lipinski definition) is 5. The third-order valence-electron chi connectivity index (χ3n) is 6.38. The summed E-state index contributed by atoms with van der Waals surface area (Å²) in [6.07, 6.45) is 3.57. The summed E-state index contributed by atoms with van der Waals surface area (Å²) in [6, 6.07) is 20.6. The fourth-order valence-electron chi connectivity index (χ4n) is 4.44. The second-order valence-corrected chi connectivity index (χ2v) is 10.6. The third kappa shape index (κ3) is 5.46. The van der Waals surface area contributed by atoms with Crippen LogP contribution in [0.3, 0.4) is 0 Å². The Bertz CT molecular complexity index is 1470. The van der Waals surface area contributed by atoms with Crippen LogP contribution in [0.2, 0.25) is 10.0 Å². The summed E-state index contributed by atoms with van der Waals surface area (Å²) in [6.45, 7) is 2.38. The van der Waals surface area contributed by atoms with E-state index >= 15 is 0 Å². The van der Waals surface area contributed by atoms with Crippen LogP contribution in [-0.2, 0) is 6.54 Å². The normalized spacial score (nSPS) is 13.8. The van der Waals surface area contributed by atoms with Gasteiger partial charge in [-0.3, -0.25) is 14.2 Å². The molecule has 0 unspecified atom stereocenters. The van der Waals surface area contributed by atoms with Gasteiger partial charge in [0.2, 0.25) is 0 Å². The highest BCUT2D eigenvalue weighted by molar-refractivity contribution is 7.99. The summed E-state index contributed by atoms with van der Waals surface area (Å²) in [5, 5.41) is 1.84. The number of carbonyl (C=O) groups excluding carboxylic acids is 1. The monoisotopic (exact) mass is 537 g/mol. The lowest BCUT2D eigenvalue weighted by Gasteiger charge is -2.29. The number of aromatic nitrogens is 2. The van der Waals surface area contributed by atoms with Gasteiger partial charge in [-0.1, -0.05) is 65.3 Å². The molecule has 0 N–H and O–H groups in total. The van der Waals surface area contributed by atoms with Gasteiger partial charge >= 0.3 is 0 Å². The number of halogens is 2. The zero-order valence-corrected chi connectivity index (χ0v) is 22.0. The van der Waals surface area contributed by atoms with Crippen molar-refractivity contribution in [3.05, 3.63) is 98.3 Å². The number of ketones is 1. The number of carbonyl (C=O) groups is 1. The van der Waals surface area contributed by atoms with Gasteiger partial charge in [0.15, 0.2) is 10.9 Å². The minimum atomic E-state index is -0.111. The Morgan fingerprint density at radius 3 is 2.44 bits per heavy atom. The smallest absolute Gasteiger partial charge is 0.262 e. The number of anilines is 1. The zero-order chi connectivity index (χ0) is 25.1. The van der Waals surface area contributed by atoms with Gasteiger partial charge in [0.25, 0.3) is 5.56 Å². The van der Waals surface area contributed by atoms with Crippen molar-refractivity contribution < 1.29 is 4.79 Å². The van der Waals surface area contributed by atoms with Gasteiger partial charge in [-0.05, 0) is 61.2 Å². The predicted octanol–water partition coefficient (Wildman–Crippen LogP) is 6.72. The van der Waals surface area contributed by atoms with E-state index < -0.39 is 0 Å². The number of benzene rings is 3. The summed E-state index contributed by atoms with van der Waals surface area (Å²) in [5.74, 6) is 0.0101. The van der Waals surface area contributed by atoms with E-state index in [-0.39, 0.29) is 17.1 Å². The van der Waals surface area contributed by atoms with Crippen molar-refractivity contribution in [2.45, 2.75) is 31.0 Å². The Hall–Kier alpha value is -2.80. The highest BCUT2D eigenvalue weighted by Gasteiger charge is 2.17. The molecular formula is C28H25Cl2N3O2S. The van der Waals surface area contributed by atoms with E-state index in [1.54, 1.807) is 22.8 Å². The molecule has 36 heavy (non-hydrogen) atoms. The lowest BCUT2D eigenvalue weighted by atomic mass is 10.1. The second kappa shape index (κ2) is 11.1. The number of piperidine rings is 1. The van der Waals surface area contributed by atoms with Crippen molar-refractivity contribution in [3.8, 4) is 0 Å². The summed E-state index contributed by atoms with van der Waals surface area (Å²) in [4.78, 5) is 33.8. The highest BCUT2D eigenvalue weighted by atomic mass is 35.5. The molecule has 2 heterocycles. The highest BCUT2D eigenvalue weighted by Crippen LogP contribution is 2.27. The first-order valence-corrected chi connectivity index (χ1v) is 13.7. The van der Waals surface area contributed by atoms with E-state index in [1.807, 2.05) is 48.5 Å². The Morgan fingerprint density at radius 2 is 1.69 bits per heavy atom. The summed E-state index contributed by atoms with van der Waals surface area (Å²) in [7, 11) is 0. The fraction of sp³-hybridized carbons (Fsp3) is 0.250. The van der Waals surface area contributed by atoms with Crippen molar-refractivity contribution in [1.29, 1.82) is 0 Å².